The van der Waals surface area contributed by atoms with E-state index in [2.05, 4.69) is 5.32 Å². The number of methoxy groups -OCH3 is 1. The number of carbonyl (C=O) groups is 1. The quantitative estimate of drug-likeness (QED) is 0.762. The molecule has 2 aromatic carbocycles. The van der Waals surface area contributed by atoms with Crippen molar-refractivity contribution in [3.63, 3.8) is 0 Å². The summed E-state index contributed by atoms with van der Waals surface area (Å²) in [5.41, 5.74) is 0.380. The van der Waals surface area contributed by atoms with Crippen LogP contribution in [0.15, 0.2) is 53.4 Å². The molecule has 0 bridgehead atoms. The van der Waals surface area contributed by atoms with Gasteiger partial charge in [-0.3, -0.25) is 4.79 Å². The molecule has 26 heavy (non-hydrogen) atoms. The summed E-state index contributed by atoms with van der Waals surface area (Å²) in [6, 6.07) is 13.6. The third-order valence-electron chi connectivity index (χ3n) is 3.59. The van der Waals surface area contributed by atoms with E-state index in [1.165, 1.54) is 37.5 Å². The summed E-state index contributed by atoms with van der Waals surface area (Å²) in [6.45, 7) is 1.71. The molecule has 0 aliphatic carbocycles. The topological polar surface area (TPSA) is 84.9 Å². The molecule has 7 nitrogen and oxygen atoms in total. The van der Waals surface area contributed by atoms with E-state index in [1.54, 1.807) is 18.2 Å². The monoisotopic (exact) mass is 378 g/mol. The van der Waals surface area contributed by atoms with Gasteiger partial charge in [0.05, 0.1) is 7.11 Å². The molecule has 1 N–H and O–H groups in total. The van der Waals surface area contributed by atoms with Crippen LogP contribution in [-0.4, -0.2) is 45.9 Å². The number of hydrogen-bond donors (Lipinski definition) is 1. The Morgan fingerprint density at radius 3 is 2.46 bits per heavy atom. The number of rotatable bonds is 8. The molecular formula is C18H22N2O5S. The standard InChI is InChI=1S/C18H22N2O5S/c1-14(21)19-15-9-10-17(24-3)18(13-15)26(22,23)20(2)11-12-25-16-7-5-4-6-8-16/h4-10,13H,11-12H2,1-3H3,(H,19,21). The van der Waals surface area contributed by atoms with E-state index < -0.39 is 10.0 Å². The van der Waals surface area contributed by atoms with Gasteiger partial charge in [-0.1, -0.05) is 18.2 Å². The van der Waals surface area contributed by atoms with E-state index >= 15 is 0 Å². The summed E-state index contributed by atoms with van der Waals surface area (Å²) >= 11 is 0. The first-order chi connectivity index (χ1) is 12.3. The van der Waals surface area contributed by atoms with Crippen LogP contribution in [-0.2, 0) is 14.8 Å². The molecule has 2 aromatic rings. The second kappa shape index (κ2) is 8.68. The van der Waals surface area contributed by atoms with Crippen LogP contribution < -0.4 is 14.8 Å². The number of carbonyl (C=O) groups excluding carboxylic acids is 1. The van der Waals surface area contributed by atoms with E-state index in [1.807, 2.05) is 18.2 Å². The number of nitrogens with zero attached hydrogens (tertiary/aromatic N) is 1. The van der Waals surface area contributed by atoms with Crippen LogP contribution >= 0.6 is 0 Å². The number of hydrogen-bond acceptors (Lipinski definition) is 5. The lowest BCUT2D eigenvalue weighted by Crippen LogP contribution is -2.31. The molecule has 1 amide bonds. The number of sulfonamides is 1. The van der Waals surface area contributed by atoms with Crippen LogP contribution in [0.1, 0.15) is 6.92 Å². The molecule has 0 heterocycles. The first-order valence-electron chi connectivity index (χ1n) is 7.94. The summed E-state index contributed by atoms with van der Waals surface area (Å²) in [6.07, 6.45) is 0. The molecule has 0 atom stereocenters. The van der Waals surface area contributed by atoms with Crippen LogP contribution in [0.25, 0.3) is 0 Å². The van der Waals surface area contributed by atoms with Gasteiger partial charge in [-0.05, 0) is 30.3 Å². The Kier molecular flexibility index (Phi) is 6.59. The van der Waals surface area contributed by atoms with E-state index in [-0.39, 0.29) is 29.7 Å². The zero-order valence-corrected chi connectivity index (χ0v) is 15.7. The fourth-order valence-electron chi connectivity index (χ4n) is 2.26. The number of anilines is 1. The molecule has 0 saturated heterocycles. The van der Waals surface area contributed by atoms with Crippen molar-refractivity contribution in [2.45, 2.75) is 11.8 Å². The van der Waals surface area contributed by atoms with Gasteiger partial charge in [0.25, 0.3) is 0 Å². The van der Waals surface area contributed by atoms with Crippen molar-refractivity contribution in [2.24, 2.45) is 0 Å². The summed E-state index contributed by atoms with van der Waals surface area (Å²) < 4.78 is 37.6. The fraction of sp³-hybridized carbons (Fsp3) is 0.278. The first-order valence-corrected chi connectivity index (χ1v) is 9.38. The van der Waals surface area contributed by atoms with Gasteiger partial charge in [0.2, 0.25) is 15.9 Å². The molecule has 0 aromatic heterocycles. The smallest absolute Gasteiger partial charge is 0.246 e. The number of benzene rings is 2. The molecule has 8 heteroatoms. The van der Waals surface area contributed by atoms with Crippen LogP contribution in [0.4, 0.5) is 5.69 Å². The minimum atomic E-state index is -3.82. The highest BCUT2D eigenvalue weighted by Gasteiger charge is 2.25. The lowest BCUT2D eigenvalue weighted by atomic mass is 10.3. The van der Waals surface area contributed by atoms with Crippen LogP contribution in [0.3, 0.4) is 0 Å². The van der Waals surface area contributed by atoms with Crippen LogP contribution in [0.2, 0.25) is 0 Å². The van der Waals surface area contributed by atoms with Gasteiger partial charge < -0.3 is 14.8 Å². The lowest BCUT2D eigenvalue weighted by molar-refractivity contribution is -0.114. The number of ether oxygens (including phenoxy) is 2. The Balaban J connectivity index is 2.15. The maximum Gasteiger partial charge on any atom is 0.246 e. The van der Waals surface area contributed by atoms with Crippen molar-refractivity contribution in [2.75, 3.05) is 32.6 Å². The largest absolute Gasteiger partial charge is 0.495 e. The summed E-state index contributed by atoms with van der Waals surface area (Å²) in [5, 5.41) is 2.57. The van der Waals surface area contributed by atoms with Crippen molar-refractivity contribution >= 4 is 21.6 Å². The second-order valence-electron chi connectivity index (χ2n) is 5.53. The first kappa shape index (κ1) is 19.7. The summed E-state index contributed by atoms with van der Waals surface area (Å²) in [5.74, 6) is 0.585. The van der Waals surface area contributed by atoms with E-state index in [9.17, 15) is 13.2 Å². The number of nitrogens with one attached hydrogen (secondary N) is 1. The molecular weight excluding hydrogens is 356 g/mol. The zero-order chi connectivity index (χ0) is 19.2. The Bertz CT molecular complexity index is 853. The van der Waals surface area contributed by atoms with Crippen molar-refractivity contribution < 1.29 is 22.7 Å². The molecule has 0 saturated carbocycles. The minimum absolute atomic E-state index is 0.0199. The number of para-hydroxylation sites is 1. The highest BCUT2D eigenvalue weighted by Crippen LogP contribution is 2.29. The molecule has 0 unspecified atom stereocenters. The van der Waals surface area contributed by atoms with Crippen molar-refractivity contribution in [3.05, 3.63) is 48.5 Å². The maximum absolute atomic E-state index is 12.9. The van der Waals surface area contributed by atoms with Crippen molar-refractivity contribution in [1.82, 2.24) is 4.31 Å². The van der Waals surface area contributed by atoms with Crippen LogP contribution in [0, 0.1) is 0 Å². The lowest BCUT2D eigenvalue weighted by Gasteiger charge is -2.19. The van der Waals surface area contributed by atoms with E-state index in [4.69, 9.17) is 9.47 Å². The third-order valence-corrected chi connectivity index (χ3v) is 5.47. The van der Waals surface area contributed by atoms with Gasteiger partial charge in [0.1, 0.15) is 23.0 Å². The van der Waals surface area contributed by atoms with E-state index in [0.29, 0.717) is 11.4 Å². The minimum Gasteiger partial charge on any atom is -0.495 e. The van der Waals surface area contributed by atoms with Gasteiger partial charge in [0.15, 0.2) is 0 Å². The molecule has 0 aliphatic rings. The predicted octanol–water partition coefficient (Wildman–Crippen LogP) is 2.35. The van der Waals surface area contributed by atoms with Gasteiger partial charge in [0, 0.05) is 26.2 Å². The molecule has 0 spiro atoms. The van der Waals surface area contributed by atoms with Crippen molar-refractivity contribution in [1.29, 1.82) is 0 Å². The van der Waals surface area contributed by atoms with E-state index in [0.717, 1.165) is 0 Å². The van der Waals surface area contributed by atoms with Crippen LogP contribution in [0.5, 0.6) is 11.5 Å². The number of likely N-dealkylation sites (N-methyl/N-ethyl adjacent to an activating group) is 1. The highest BCUT2D eigenvalue weighted by molar-refractivity contribution is 7.89. The highest BCUT2D eigenvalue weighted by atomic mass is 32.2. The molecule has 0 fully saturated rings. The maximum atomic E-state index is 12.9. The predicted molar refractivity (Wildman–Crippen MR) is 99.1 cm³/mol. The molecule has 140 valence electrons. The Labute approximate surface area is 153 Å². The van der Waals surface area contributed by atoms with Gasteiger partial charge in [-0.2, -0.15) is 4.31 Å². The SMILES string of the molecule is COc1ccc(NC(C)=O)cc1S(=O)(=O)N(C)CCOc1ccccc1. The third kappa shape index (κ3) is 4.96. The Morgan fingerprint density at radius 1 is 1.15 bits per heavy atom. The molecule has 0 radical (unpaired) electrons. The fourth-order valence-corrected chi connectivity index (χ4v) is 3.59. The second-order valence-corrected chi connectivity index (χ2v) is 7.55. The summed E-state index contributed by atoms with van der Waals surface area (Å²) in [4.78, 5) is 11.2. The Morgan fingerprint density at radius 2 is 1.85 bits per heavy atom. The van der Waals surface area contributed by atoms with Gasteiger partial charge in [-0.15, -0.1) is 0 Å². The van der Waals surface area contributed by atoms with Crippen molar-refractivity contribution in [3.8, 4) is 11.5 Å². The molecule has 0 aliphatic heterocycles. The average molecular weight is 378 g/mol. The zero-order valence-electron chi connectivity index (χ0n) is 14.9. The number of amides is 1. The molecule has 2 rings (SSSR count). The summed E-state index contributed by atoms with van der Waals surface area (Å²) in [7, 11) is -0.957. The average Bonchev–Trinajstić information content (AvgIpc) is 2.62. The Hall–Kier alpha value is -2.58. The van der Waals surface area contributed by atoms with Gasteiger partial charge in [-0.25, -0.2) is 8.42 Å². The van der Waals surface area contributed by atoms with Gasteiger partial charge >= 0.3 is 0 Å². The normalized spacial score (nSPS) is 11.2.